The van der Waals surface area contributed by atoms with Gasteiger partial charge in [0.2, 0.25) is 5.91 Å². The van der Waals surface area contributed by atoms with Crippen molar-refractivity contribution >= 4 is 28.4 Å². The molecule has 3 N–H and O–H groups in total. The van der Waals surface area contributed by atoms with Crippen LogP contribution in [0.1, 0.15) is 24.5 Å². The second kappa shape index (κ2) is 7.38. The molecule has 5 nitrogen and oxygen atoms in total. The third-order valence-corrected chi connectivity index (χ3v) is 6.72. The Morgan fingerprint density at radius 1 is 1.28 bits per heavy atom. The van der Waals surface area contributed by atoms with E-state index < -0.39 is 22.3 Å². The Hall–Kier alpha value is -2.52. The molecule has 9 heteroatoms. The molecule has 2 aliphatic rings. The summed E-state index contributed by atoms with van der Waals surface area (Å²) in [6.45, 7) is 2.16. The van der Waals surface area contributed by atoms with Crippen LogP contribution < -0.4 is 11.1 Å². The maximum Gasteiger partial charge on any atom is 0.241 e. The van der Waals surface area contributed by atoms with Gasteiger partial charge in [-0.1, -0.05) is 11.8 Å². The molecule has 0 unspecified atom stereocenters. The summed E-state index contributed by atoms with van der Waals surface area (Å²) in [7, 11) is 0. The van der Waals surface area contributed by atoms with Crippen molar-refractivity contribution < 1.29 is 18.0 Å². The summed E-state index contributed by atoms with van der Waals surface area (Å²) in [5, 5.41) is 9.04. The molecule has 152 valence electrons. The highest BCUT2D eigenvalue weighted by atomic mass is 32.2. The van der Waals surface area contributed by atoms with Crippen LogP contribution in [0.3, 0.4) is 0 Å². The molecular formula is C20H19F3N4OS. The predicted octanol–water partition coefficient (Wildman–Crippen LogP) is 3.60. The van der Waals surface area contributed by atoms with Crippen molar-refractivity contribution in [2.24, 2.45) is 16.8 Å². The molecule has 0 radical (unpaired) electrons. The number of anilines is 1. The summed E-state index contributed by atoms with van der Waals surface area (Å²) < 4.78 is 42.4. The molecule has 29 heavy (non-hydrogen) atoms. The second-order valence-electron chi connectivity index (χ2n) is 7.00. The number of nitrogens with one attached hydrogen (secondary N) is 1. The number of nitrogens with two attached hydrogens (primary N) is 1. The maximum atomic E-state index is 14.5. The maximum absolute atomic E-state index is 14.5. The number of carbonyl (C=O) groups excluding carboxylic acids is 1. The fourth-order valence-corrected chi connectivity index (χ4v) is 5.52. The Bertz CT molecular complexity index is 1020. The van der Waals surface area contributed by atoms with E-state index in [0.29, 0.717) is 30.8 Å². The molecule has 2 atom stereocenters. The van der Waals surface area contributed by atoms with Gasteiger partial charge in [-0.3, -0.25) is 4.79 Å². The Morgan fingerprint density at radius 2 is 2.00 bits per heavy atom. The van der Waals surface area contributed by atoms with Gasteiger partial charge in [-0.15, -0.1) is 0 Å². The van der Waals surface area contributed by atoms with E-state index in [1.807, 2.05) is 0 Å². The molecule has 1 spiro atoms. The highest BCUT2D eigenvalue weighted by Gasteiger charge is 2.55. The van der Waals surface area contributed by atoms with Crippen LogP contribution in [0.4, 0.5) is 18.9 Å². The van der Waals surface area contributed by atoms with E-state index in [1.165, 1.54) is 24.1 Å². The zero-order chi connectivity index (χ0) is 20.8. The summed E-state index contributed by atoms with van der Waals surface area (Å²) in [5.41, 5.74) is 6.96. The number of rotatable bonds is 3. The first-order chi connectivity index (χ1) is 13.9. The van der Waals surface area contributed by atoms with E-state index in [-0.39, 0.29) is 22.4 Å². The standard InChI is InChI=1S/C20H19F3N4OS/c1-11(28)27-20(29-19(26-27)15-8-13(21)2-4-17(15)23)12(6-7-24)10-25-18-5-3-14(22)9-16(18)20/h2-5,8-9,12,25H,6-7,10,24H2,1H3/t12-,20+/m1/s1. The smallest absolute Gasteiger partial charge is 0.241 e. The van der Waals surface area contributed by atoms with Gasteiger partial charge in [0.15, 0.2) is 0 Å². The van der Waals surface area contributed by atoms with Crippen molar-refractivity contribution in [3.05, 3.63) is 65.0 Å². The van der Waals surface area contributed by atoms with Crippen LogP contribution in [-0.2, 0) is 9.67 Å². The van der Waals surface area contributed by atoms with Crippen LogP contribution in [0.5, 0.6) is 0 Å². The van der Waals surface area contributed by atoms with Crippen molar-refractivity contribution in [1.82, 2.24) is 5.01 Å². The Balaban J connectivity index is 1.91. The number of halogens is 3. The number of hydrogen-bond acceptors (Lipinski definition) is 5. The van der Waals surface area contributed by atoms with E-state index >= 15 is 0 Å². The third-order valence-electron chi connectivity index (χ3n) is 5.19. The highest BCUT2D eigenvalue weighted by molar-refractivity contribution is 8.15. The van der Waals surface area contributed by atoms with Crippen LogP contribution in [0.15, 0.2) is 41.5 Å². The van der Waals surface area contributed by atoms with E-state index in [0.717, 1.165) is 30.0 Å². The molecule has 0 aliphatic carbocycles. The third kappa shape index (κ3) is 3.18. The lowest BCUT2D eigenvalue weighted by molar-refractivity contribution is -0.133. The largest absolute Gasteiger partial charge is 0.384 e. The van der Waals surface area contributed by atoms with Crippen LogP contribution in [0.2, 0.25) is 0 Å². The molecular weight excluding hydrogens is 401 g/mol. The summed E-state index contributed by atoms with van der Waals surface area (Å²) in [6.07, 6.45) is 0.522. The van der Waals surface area contributed by atoms with Gasteiger partial charge in [0.1, 0.15) is 27.4 Å². The van der Waals surface area contributed by atoms with Crippen molar-refractivity contribution in [2.75, 3.05) is 18.4 Å². The van der Waals surface area contributed by atoms with Gasteiger partial charge in [0.25, 0.3) is 0 Å². The van der Waals surface area contributed by atoms with Gasteiger partial charge in [0.05, 0.1) is 0 Å². The number of hydrazone groups is 1. The fraction of sp³-hybridized carbons (Fsp3) is 0.300. The van der Waals surface area contributed by atoms with Gasteiger partial charge < -0.3 is 11.1 Å². The Kier molecular flexibility index (Phi) is 5.04. The molecule has 4 rings (SSSR count). The van der Waals surface area contributed by atoms with Crippen LogP contribution in [-0.4, -0.2) is 29.0 Å². The average Bonchev–Trinajstić information content (AvgIpc) is 3.08. The monoisotopic (exact) mass is 420 g/mol. The summed E-state index contributed by atoms with van der Waals surface area (Å²) in [5.74, 6) is -2.35. The van der Waals surface area contributed by atoms with Gasteiger partial charge in [-0.25, -0.2) is 18.2 Å². The first-order valence-electron chi connectivity index (χ1n) is 9.14. The summed E-state index contributed by atoms with van der Waals surface area (Å²) in [6, 6.07) is 7.37. The molecule has 2 aromatic rings. The number of hydrogen-bond donors (Lipinski definition) is 2. The normalized spacial score (nSPS) is 23.0. The van der Waals surface area contributed by atoms with Crippen molar-refractivity contribution in [3.8, 4) is 0 Å². The Labute approximate surface area is 170 Å². The van der Waals surface area contributed by atoms with E-state index in [9.17, 15) is 18.0 Å². The Morgan fingerprint density at radius 3 is 2.72 bits per heavy atom. The number of thioether (sulfide) groups is 1. The van der Waals surface area contributed by atoms with Crippen molar-refractivity contribution in [2.45, 2.75) is 18.2 Å². The number of nitrogens with zero attached hydrogens (tertiary/aromatic N) is 2. The molecule has 0 aromatic heterocycles. The van der Waals surface area contributed by atoms with E-state index in [2.05, 4.69) is 10.4 Å². The lowest BCUT2D eigenvalue weighted by Crippen LogP contribution is -2.51. The van der Waals surface area contributed by atoms with Crippen LogP contribution >= 0.6 is 11.8 Å². The second-order valence-corrected chi connectivity index (χ2v) is 8.22. The molecule has 2 aliphatic heterocycles. The number of benzene rings is 2. The number of carbonyl (C=O) groups is 1. The van der Waals surface area contributed by atoms with Crippen LogP contribution in [0, 0.1) is 23.4 Å². The van der Waals surface area contributed by atoms with Crippen LogP contribution in [0.25, 0.3) is 0 Å². The topological polar surface area (TPSA) is 70.7 Å². The first kappa shape index (κ1) is 19.8. The minimum absolute atomic E-state index is 0.0406. The lowest BCUT2D eigenvalue weighted by atomic mass is 9.84. The van der Waals surface area contributed by atoms with Gasteiger partial charge in [0, 0.05) is 36.2 Å². The minimum Gasteiger partial charge on any atom is -0.384 e. The predicted molar refractivity (Wildman–Crippen MR) is 107 cm³/mol. The summed E-state index contributed by atoms with van der Waals surface area (Å²) in [4.78, 5) is 11.5. The lowest BCUT2D eigenvalue weighted by Gasteiger charge is -2.46. The minimum atomic E-state index is -1.11. The molecule has 0 fully saturated rings. The quantitative estimate of drug-likeness (QED) is 0.796. The highest BCUT2D eigenvalue weighted by Crippen LogP contribution is 2.56. The molecule has 0 saturated heterocycles. The van der Waals surface area contributed by atoms with E-state index in [4.69, 9.17) is 5.73 Å². The van der Waals surface area contributed by atoms with E-state index in [1.54, 1.807) is 6.07 Å². The van der Waals surface area contributed by atoms with Gasteiger partial charge in [-0.05, 0) is 49.4 Å². The van der Waals surface area contributed by atoms with Gasteiger partial charge >= 0.3 is 0 Å². The molecule has 2 aromatic carbocycles. The van der Waals surface area contributed by atoms with Gasteiger partial charge in [-0.2, -0.15) is 5.10 Å². The number of fused-ring (bicyclic) bond motifs is 2. The molecule has 2 heterocycles. The SMILES string of the molecule is CC(=O)N1N=C(c2cc(F)ccc2F)S[C@@]12c1cc(F)ccc1NC[C@H]2CCN. The number of amides is 1. The molecule has 0 saturated carbocycles. The zero-order valence-corrected chi connectivity index (χ0v) is 16.4. The fourth-order valence-electron chi connectivity index (χ4n) is 3.93. The molecule has 1 amide bonds. The van der Waals surface area contributed by atoms with Crippen molar-refractivity contribution in [1.29, 1.82) is 0 Å². The van der Waals surface area contributed by atoms with Crippen molar-refractivity contribution in [3.63, 3.8) is 0 Å². The average molecular weight is 420 g/mol. The first-order valence-corrected chi connectivity index (χ1v) is 9.96. The zero-order valence-electron chi connectivity index (χ0n) is 15.6. The molecule has 0 bridgehead atoms. The summed E-state index contributed by atoms with van der Waals surface area (Å²) >= 11 is 1.13.